The molecule has 0 aromatic carbocycles. The predicted octanol–water partition coefficient (Wildman–Crippen LogP) is 2.02. The number of aromatic nitrogens is 4. The zero-order chi connectivity index (χ0) is 12.4. The first-order valence-corrected chi connectivity index (χ1v) is 5.89. The normalized spacial score (nSPS) is 10.8. The average molecular weight is 252 g/mol. The molecule has 0 aliphatic heterocycles. The van der Waals surface area contributed by atoms with E-state index in [-0.39, 0.29) is 0 Å². The van der Waals surface area contributed by atoms with Gasteiger partial charge in [-0.1, -0.05) is 25.4 Å². The highest BCUT2D eigenvalue weighted by molar-refractivity contribution is 6.30. The molecule has 0 aliphatic carbocycles. The van der Waals surface area contributed by atoms with Crippen molar-refractivity contribution >= 4 is 17.3 Å². The first kappa shape index (κ1) is 11.9. The highest BCUT2D eigenvalue weighted by atomic mass is 35.5. The Bertz CT molecular complexity index is 535. The van der Waals surface area contributed by atoms with Crippen LogP contribution in [0.25, 0.3) is 5.82 Å². The van der Waals surface area contributed by atoms with E-state index in [2.05, 4.69) is 15.1 Å². The van der Waals surface area contributed by atoms with Gasteiger partial charge in [0, 0.05) is 19.0 Å². The summed E-state index contributed by atoms with van der Waals surface area (Å²) in [7, 11) is 0. The van der Waals surface area contributed by atoms with Crippen molar-refractivity contribution < 1.29 is 0 Å². The summed E-state index contributed by atoms with van der Waals surface area (Å²) in [5.74, 6) is 2.22. The Labute approximate surface area is 105 Å². The van der Waals surface area contributed by atoms with E-state index in [0.29, 0.717) is 16.5 Å². The number of nitrogen functional groups attached to an aromatic ring is 1. The number of rotatable bonds is 3. The molecule has 2 rings (SSSR count). The minimum Gasteiger partial charge on any atom is -0.396 e. The van der Waals surface area contributed by atoms with E-state index in [1.54, 1.807) is 16.9 Å². The van der Waals surface area contributed by atoms with Gasteiger partial charge in [-0.25, -0.2) is 9.97 Å². The van der Waals surface area contributed by atoms with Gasteiger partial charge in [0.25, 0.3) is 0 Å². The lowest BCUT2D eigenvalue weighted by Gasteiger charge is -2.06. The van der Waals surface area contributed by atoms with Crippen molar-refractivity contribution in [1.82, 2.24) is 19.7 Å². The second-order valence-corrected chi connectivity index (χ2v) is 4.07. The molecular weight excluding hydrogens is 238 g/mol. The smallest absolute Gasteiger partial charge is 0.178 e. The van der Waals surface area contributed by atoms with Gasteiger partial charge in [-0.3, -0.25) is 0 Å². The fourth-order valence-electron chi connectivity index (χ4n) is 1.56. The minimum absolute atomic E-state index is 0.500. The van der Waals surface area contributed by atoms with Crippen molar-refractivity contribution in [3.8, 4) is 5.82 Å². The highest BCUT2D eigenvalue weighted by Gasteiger charge is 2.12. The molecule has 90 valence electrons. The molecule has 0 bridgehead atoms. The SMILES string of the molecule is CCc1nc(CC)n(-c2ncc(Cl)cc2N)n1. The van der Waals surface area contributed by atoms with Crippen LogP contribution in [0.3, 0.4) is 0 Å². The summed E-state index contributed by atoms with van der Waals surface area (Å²) in [4.78, 5) is 8.62. The lowest BCUT2D eigenvalue weighted by atomic mass is 10.4. The van der Waals surface area contributed by atoms with Gasteiger partial charge in [0.1, 0.15) is 5.82 Å². The molecular formula is C11H14ClN5. The third kappa shape index (κ3) is 2.24. The maximum absolute atomic E-state index is 5.89. The lowest BCUT2D eigenvalue weighted by molar-refractivity contribution is 0.771. The van der Waals surface area contributed by atoms with Gasteiger partial charge in [-0.15, -0.1) is 5.10 Å². The summed E-state index contributed by atoms with van der Waals surface area (Å²) in [6, 6.07) is 1.66. The van der Waals surface area contributed by atoms with E-state index in [1.807, 2.05) is 13.8 Å². The van der Waals surface area contributed by atoms with Crippen molar-refractivity contribution in [2.45, 2.75) is 26.7 Å². The van der Waals surface area contributed by atoms with Crippen molar-refractivity contribution in [3.05, 3.63) is 28.9 Å². The van der Waals surface area contributed by atoms with Gasteiger partial charge in [-0.05, 0) is 6.07 Å². The number of halogens is 1. The molecule has 0 spiro atoms. The van der Waals surface area contributed by atoms with E-state index < -0.39 is 0 Å². The summed E-state index contributed by atoms with van der Waals surface area (Å²) >= 11 is 5.82. The van der Waals surface area contributed by atoms with Crippen LogP contribution < -0.4 is 5.73 Å². The molecule has 2 N–H and O–H groups in total. The Kier molecular flexibility index (Phi) is 3.28. The van der Waals surface area contributed by atoms with E-state index in [9.17, 15) is 0 Å². The van der Waals surface area contributed by atoms with Crippen LogP contribution in [0.2, 0.25) is 5.02 Å². The average Bonchev–Trinajstić information content (AvgIpc) is 2.72. The maximum atomic E-state index is 5.89. The van der Waals surface area contributed by atoms with E-state index >= 15 is 0 Å². The molecule has 0 amide bonds. The highest BCUT2D eigenvalue weighted by Crippen LogP contribution is 2.19. The van der Waals surface area contributed by atoms with Crippen LogP contribution in [0.1, 0.15) is 25.5 Å². The number of hydrogen-bond acceptors (Lipinski definition) is 4. The Hall–Kier alpha value is -1.62. The zero-order valence-corrected chi connectivity index (χ0v) is 10.6. The summed E-state index contributed by atoms with van der Waals surface area (Å²) < 4.78 is 1.69. The molecule has 5 nitrogen and oxygen atoms in total. The van der Waals surface area contributed by atoms with Gasteiger partial charge in [0.2, 0.25) is 0 Å². The number of hydrogen-bond donors (Lipinski definition) is 1. The summed E-state index contributed by atoms with van der Waals surface area (Å²) in [5, 5.41) is 4.89. The quantitative estimate of drug-likeness (QED) is 0.906. The molecule has 6 heteroatoms. The standard InChI is InChI=1S/C11H14ClN5/c1-3-9-15-10(4-2)17(16-9)11-8(13)5-7(12)6-14-11/h5-6H,3-4,13H2,1-2H3. The fourth-order valence-corrected chi connectivity index (χ4v) is 1.73. The second-order valence-electron chi connectivity index (χ2n) is 3.63. The number of pyridine rings is 1. The van der Waals surface area contributed by atoms with Crippen LogP contribution in [0.4, 0.5) is 5.69 Å². The Morgan fingerprint density at radius 3 is 2.71 bits per heavy atom. The van der Waals surface area contributed by atoms with Crippen LogP contribution in [-0.2, 0) is 12.8 Å². The molecule has 2 aromatic heterocycles. The lowest BCUT2D eigenvalue weighted by Crippen LogP contribution is -2.07. The molecule has 0 radical (unpaired) electrons. The number of aryl methyl sites for hydroxylation is 2. The third-order valence-corrected chi connectivity index (χ3v) is 2.62. The molecule has 0 atom stereocenters. The first-order chi connectivity index (χ1) is 8.15. The topological polar surface area (TPSA) is 69.6 Å². The van der Waals surface area contributed by atoms with Gasteiger partial charge < -0.3 is 5.73 Å². The molecule has 0 unspecified atom stereocenters. The Morgan fingerprint density at radius 1 is 1.35 bits per heavy atom. The Morgan fingerprint density at radius 2 is 2.12 bits per heavy atom. The number of nitrogens with zero attached hydrogens (tertiary/aromatic N) is 4. The summed E-state index contributed by atoms with van der Waals surface area (Å²) in [5.41, 5.74) is 6.39. The van der Waals surface area contributed by atoms with Crippen molar-refractivity contribution in [3.63, 3.8) is 0 Å². The zero-order valence-electron chi connectivity index (χ0n) is 9.81. The number of anilines is 1. The molecule has 17 heavy (non-hydrogen) atoms. The van der Waals surface area contributed by atoms with Crippen molar-refractivity contribution in [2.24, 2.45) is 0 Å². The van der Waals surface area contributed by atoms with Crippen LogP contribution >= 0.6 is 11.6 Å². The predicted molar refractivity (Wildman–Crippen MR) is 67.3 cm³/mol. The monoisotopic (exact) mass is 251 g/mol. The number of nitrogens with two attached hydrogens (primary N) is 1. The van der Waals surface area contributed by atoms with Gasteiger partial charge in [-0.2, -0.15) is 4.68 Å². The van der Waals surface area contributed by atoms with Crippen LogP contribution in [-0.4, -0.2) is 19.7 Å². The van der Waals surface area contributed by atoms with Gasteiger partial charge >= 0.3 is 0 Å². The van der Waals surface area contributed by atoms with E-state index in [4.69, 9.17) is 17.3 Å². The molecule has 0 fully saturated rings. The van der Waals surface area contributed by atoms with E-state index in [1.165, 1.54) is 0 Å². The molecule has 0 aliphatic rings. The Balaban J connectivity index is 2.55. The second kappa shape index (κ2) is 4.71. The minimum atomic E-state index is 0.500. The van der Waals surface area contributed by atoms with Crippen LogP contribution in [0, 0.1) is 0 Å². The molecule has 2 aromatic rings. The maximum Gasteiger partial charge on any atom is 0.178 e. The van der Waals surface area contributed by atoms with Crippen molar-refractivity contribution in [1.29, 1.82) is 0 Å². The third-order valence-electron chi connectivity index (χ3n) is 2.41. The summed E-state index contributed by atoms with van der Waals surface area (Å²) in [6.45, 7) is 4.03. The molecule has 0 saturated heterocycles. The van der Waals surface area contributed by atoms with Crippen LogP contribution in [0.5, 0.6) is 0 Å². The van der Waals surface area contributed by atoms with Gasteiger partial charge in [0.05, 0.1) is 10.7 Å². The largest absolute Gasteiger partial charge is 0.396 e. The first-order valence-electron chi connectivity index (χ1n) is 5.51. The summed E-state index contributed by atoms with van der Waals surface area (Å²) in [6.07, 6.45) is 3.12. The van der Waals surface area contributed by atoms with Crippen LogP contribution in [0.15, 0.2) is 12.3 Å². The van der Waals surface area contributed by atoms with Crippen molar-refractivity contribution in [2.75, 3.05) is 5.73 Å². The van der Waals surface area contributed by atoms with E-state index in [0.717, 1.165) is 24.5 Å². The fraction of sp³-hybridized carbons (Fsp3) is 0.364. The molecule has 2 heterocycles. The molecule has 0 saturated carbocycles. The van der Waals surface area contributed by atoms with Gasteiger partial charge in [0.15, 0.2) is 11.6 Å².